The number of ether oxygens (including phenoxy) is 4. The van der Waals surface area contributed by atoms with Crippen LogP contribution in [0.25, 0.3) is 0 Å². The average molecular weight is 1470 g/mol. The number of phosphoric ester groups is 2. The maximum atomic E-state index is 13.1. The molecule has 102 heavy (non-hydrogen) atoms. The first-order chi connectivity index (χ1) is 49.7. The van der Waals surface area contributed by atoms with Crippen molar-refractivity contribution in [1.82, 2.24) is 0 Å². The van der Waals surface area contributed by atoms with Crippen molar-refractivity contribution >= 4 is 39.5 Å². The summed E-state index contributed by atoms with van der Waals surface area (Å²) < 4.78 is 68.4. The molecule has 0 heterocycles. The Hall–Kier alpha value is -4.80. The molecule has 0 amide bonds. The Morgan fingerprint density at radius 1 is 0.294 bits per heavy atom. The van der Waals surface area contributed by atoms with Crippen molar-refractivity contribution in [2.24, 2.45) is 0 Å². The molecule has 0 aromatic carbocycles. The van der Waals surface area contributed by atoms with Crippen LogP contribution < -0.4 is 0 Å². The number of carbonyl (C=O) groups is 4. The third-order valence-electron chi connectivity index (χ3n) is 16.1. The molecule has 0 aromatic rings. The van der Waals surface area contributed by atoms with Crippen LogP contribution in [0, 0.1) is 0 Å². The quantitative estimate of drug-likeness (QED) is 0.0169. The summed E-state index contributed by atoms with van der Waals surface area (Å²) in [6.45, 7) is 4.48. The lowest BCUT2D eigenvalue weighted by atomic mass is 10.0. The van der Waals surface area contributed by atoms with E-state index in [9.17, 15) is 43.2 Å². The van der Waals surface area contributed by atoms with E-state index >= 15 is 0 Å². The number of aliphatic hydroxyl groups is 1. The van der Waals surface area contributed by atoms with Crippen LogP contribution in [0.2, 0.25) is 0 Å². The molecule has 3 N–H and O–H groups in total. The van der Waals surface area contributed by atoms with Gasteiger partial charge in [-0.15, -0.1) is 0 Å². The van der Waals surface area contributed by atoms with E-state index in [1.807, 2.05) is 12.2 Å². The van der Waals surface area contributed by atoms with Gasteiger partial charge in [0.15, 0.2) is 12.2 Å². The predicted octanol–water partition coefficient (Wildman–Crippen LogP) is 22.9. The average Bonchev–Trinajstić information content (AvgIpc) is 0.919. The maximum Gasteiger partial charge on any atom is 0.472 e. The summed E-state index contributed by atoms with van der Waals surface area (Å²) in [6, 6.07) is 0. The molecule has 5 unspecified atom stereocenters. The van der Waals surface area contributed by atoms with Gasteiger partial charge in [0.1, 0.15) is 19.3 Å². The van der Waals surface area contributed by atoms with Gasteiger partial charge in [-0.1, -0.05) is 296 Å². The summed E-state index contributed by atoms with van der Waals surface area (Å²) in [6.07, 6.45) is 83.2. The Labute approximate surface area is 618 Å². The van der Waals surface area contributed by atoms with E-state index in [-0.39, 0.29) is 25.7 Å². The molecule has 19 heteroatoms. The Morgan fingerprint density at radius 2 is 0.549 bits per heavy atom. The van der Waals surface area contributed by atoms with Crippen molar-refractivity contribution in [3.8, 4) is 0 Å². The van der Waals surface area contributed by atoms with Crippen LogP contribution in [0.1, 0.15) is 310 Å². The first-order valence-corrected chi connectivity index (χ1v) is 42.4. The maximum absolute atomic E-state index is 13.1. The van der Waals surface area contributed by atoms with E-state index in [0.29, 0.717) is 25.7 Å². The van der Waals surface area contributed by atoms with Crippen molar-refractivity contribution in [2.75, 3.05) is 39.6 Å². The monoisotopic (exact) mass is 1470 g/mol. The second-order valence-electron chi connectivity index (χ2n) is 25.9. The zero-order chi connectivity index (χ0) is 74.6. The minimum Gasteiger partial charge on any atom is -0.462 e. The largest absolute Gasteiger partial charge is 0.472 e. The molecule has 0 aliphatic rings. The Morgan fingerprint density at radius 3 is 0.892 bits per heavy atom. The van der Waals surface area contributed by atoms with Crippen LogP contribution in [-0.2, 0) is 65.4 Å². The van der Waals surface area contributed by atoms with E-state index < -0.39 is 97.5 Å². The number of unbranched alkanes of at least 4 members (excludes halogenated alkanes) is 26. The highest BCUT2D eigenvalue weighted by Gasteiger charge is 2.30. The fourth-order valence-corrected chi connectivity index (χ4v) is 11.8. The number of esters is 4. The van der Waals surface area contributed by atoms with Gasteiger partial charge in [0.25, 0.3) is 0 Å². The molecule has 584 valence electrons. The molecule has 17 nitrogen and oxygen atoms in total. The zero-order valence-corrected chi connectivity index (χ0v) is 65.5. The van der Waals surface area contributed by atoms with Crippen LogP contribution in [0.5, 0.6) is 0 Å². The molecule has 0 bridgehead atoms. The van der Waals surface area contributed by atoms with E-state index in [1.165, 1.54) is 83.5 Å². The smallest absolute Gasteiger partial charge is 0.462 e. The highest BCUT2D eigenvalue weighted by molar-refractivity contribution is 7.47. The zero-order valence-electron chi connectivity index (χ0n) is 63.7. The molecular formula is C83H140O17P2. The summed E-state index contributed by atoms with van der Waals surface area (Å²) in [5.41, 5.74) is 0. The molecular weight excluding hydrogens is 1330 g/mol. The number of allylic oxidation sites excluding steroid dienone is 21. The van der Waals surface area contributed by atoms with Crippen molar-refractivity contribution < 1.29 is 80.2 Å². The minimum atomic E-state index is -5.01. The second kappa shape index (κ2) is 74.5. The molecule has 0 fully saturated rings. The highest BCUT2D eigenvalue weighted by atomic mass is 31.2. The summed E-state index contributed by atoms with van der Waals surface area (Å²) in [5, 5.41) is 10.6. The number of hydrogen-bond acceptors (Lipinski definition) is 15. The number of aliphatic hydroxyl groups excluding tert-OH is 1. The molecule has 0 spiro atoms. The normalized spacial score (nSPS) is 14.6. The molecule has 0 saturated heterocycles. The Kier molecular flexibility index (Phi) is 71.0. The molecule has 0 aliphatic heterocycles. The van der Waals surface area contributed by atoms with Gasteiger partial charge in [0, 0.05) is 19.3 Å². The Balaban J connectivity index is 5.45. The molecule has 0 radical (unpaired) electrons. The van der Waals surface area contributed by atoms with Gasteiger partial charge in [-0.3, -0.25) is 37.3 Å². The van der Waals surface area contributed by atoms with Crippen molar-refractivity contribution in [3.05, 3.63) is 134 Å². The van der Waals surface area contributed by atoms with Crippen LogP contribution in [0.3, 0.4) is 0 Å². The van der Waals surface area contributed by atoms with Gasteiger partial charge in [-0.05, 0) is 122 Å². The lowest BCUT2D eigenvalue weighted by molar-refractivity contribution is -0.161. The number of rotatable bonds is 73. The SMILES string of the molecule is CC/C=C\C/C=C\C/C=C\C/C=C\C/C=C\CC(=O)OC(COC(=O)CCCCCC/C=C\C/C=C\C/C=C\C/C=C\CC)COP(=O)(O)OCC(O)COP(=O)(O)OCC(COC(=O)CCCCCCC/C=C\C/C=C\CCCCC)OC(=O)CCCCCCCCCCCCCCCCC. The third kappa shape index (κ3) is 73.5. The van der Waals surface area contributed by atoms with Gasteiger partial charge in [-0.25, -0.2) is 9.13 Å². The minimum absolute atomic E-state index is 0.0902. The standard InChI is InChI=1S/C83H140O17P2/c1-5-9-13-17-21-25-29-33-37-38-42-44-48-52-56-60-64-68-81(86)94-74-79(100-83(88)70-66-62-58-54-50-46-41-36-32-28-24-20-16-12-8-4)76-98-102(91,92)96-72-77(84)71-95-101(89,90)97-75-78(99-82(87)69-65-61-57-53-49-45-40-35-31-27-23-19-15-11-7-3)73-93-80(85)67-63-59-55-51-47-43-39-34-30-26-22-18-14-10-6-2/h9,12-13,16,21-22,24-26,28,33-34,36-37,39,41-42,44,50,54,62,66,77-79,84H,5-8,10-11,14-15,17-20,23,27,29-32,35,38,40,43,45-49,51-53,55-61,63-65,67-76H2,1-4H3,(H,89,90)(H,91,92)/b13-9-,16-12-,25-21-,26-22-,28-24-,37-33-,39-34-,41-36-,44-42-,54-50-,66-62-. The lowest BCUT2D eigenvalue weighted by Crippen LogP contribution is -2.30. The number of carbonyl (C=O) groups excluding carboxylic acids is 4. The van der Waals surface area contributed by atoms with Crippen LogP contribution in [0.15, 0.2) is 134 Å². The van der Waals surface area contributed by atoms with Gasteiger partial charge in [0.2, 0.25) is 0 Å². The molecule has 0 saturated carbocycles. The van der Waals surface area contributed by atoms with Gasteiger partial charge < -0.3 is 33.8 Å². The third-order valence-corrected chi connectivity index (χ3v) is 18.0. The number of hydrogen-bond donors (Lipinski definition) is 3. The summed E-state index contributed by atoms with van der Waals surface area (Å²) >= 11 is 0. The molecule has 0 aliphatic carbocycles. The topological polar surface area (TPSA) is 237 Å². The van der Waals surface area contributed by atoms with Crippen molar-refractivity contribution in [2.45, 2.75) is 329 Å². The van der Waals surface area contributed by atoms with E-state index in [0.717, 1.165) is 148 Å². The van der Waals surface area contributed by atoms with Crippen molar-refractivity contribution in [3.63, 3.8) is 0 Å². The molecule has 0 aromatic heterocycles. The molecule has 5 atom stereocenters. The summed E-state index contributed by atoms with van der Waals surface area (Å²) in [5.74, 6) is -2.36. The van der Waals surface area contributed by atoms with E-state index in [4.69, 9.17) is 37.0 Å². The van der Waals surface area contributed by atoms with E-state index in [2.05, 4.69) is 137 Å². The van der Waals surface area contributed by atoms with Crippen LogP contribution >= 0.6 is 15.6 Å². The lowest BCUT2D eigenvalue weighted by Gasteiger charge is -2.21. The fourth-order valence-electron chi connectivity index (χ4n) is 10.2. The number of phosphoric acid groups is 2. The van der Waals surface area contributed by atoms with Crippen LogP contribution in [-0.4, -0.2) is 96.7 Å². The predicted molar refractivity (Wildman–Crippen MR) is 418 cm³/mol. The first kappa shape index (κ1) is 97.2. The summed E-state index contributed by atoms with van der Waals surface area (Å²) in [7, 11) is -10.00. The van der Waals surface area contributed by atoms with Gasteiger partial charge >= 0.3 is 39.5 Å². The molecule has 0 rings (SSSR count). The van der Waals surface area contributed by atoms with E-state index in [1.54, 1.807) is 12.2 Å². The van der Waals surface area contributed by atoms with Gasteiger partial charge in [-0.2, -0.15) is 0 Å². The van der Waals surface area contributed by atoms with Crippen molar-refractivity contribution in [1.29, 1.82) is 0 Å². The summed E-state index contributed by atoms with van der Waals surface area (Å²) in [4.78, 5) is 72.9. The fraction of sp³-hybridized carbons (Fsp3) is 0.687. The first-order valence-electron chi connectivity index (χ1n) is 39.4. The highest BCUT2D eigenvalue weighted by Crippen LogP contribution is 2.45. The van der Waals surface area contributed by atoms with Gasteiger partial charge in [0.05, 0.1) is 32.8 Å². The van der Waals surface area contributed by atoms with Crippen LogP contribution in [0.4, 0.5) is 0 Å². The Bertz CT molecular complexity index is 2460. The second-order valence-corrected chi connectivity index (χ2v) is 28.8.